The van der Waals surface area contributed by atoms with Crippen LogP contribution in [0, 0.1) is 11.8 Å². The Bertz CT molecular complexity index is 452. The van der Waals surface area contributed by atoms with Crippen molar-refractivity contribution in [3.8, 4) is 0 Å². The van der Waals surface area contributed by atoms with Crippen molar-refractivity contribution in [2.75, 3.05) is 11.9 Å². The Hall–Kier alpha value is -1.02. The fraction of sp³-hybridized carbons (Fsp3) is 0.647. The number of nitrogens with one attached hydrogen (secondary N) is 1. The van der Waals surface area contributed by atoms with E-state index in [1.165, 1.54) is 49.8 Å². The lowest BCUT2D eigenvalue weighted by Gasteiger charge is -2.41. The van der Waals surface area contributed by atoms with E-state index in [0.29, 0.717) is 18.1 Å². The van der Waals surface area contributed by atoms with Gasteiger partial charge in [0.1, 0.15) is 0 Å². The van der Waals surface area contributed by atoms with Gasteiger partial charge in [-0.15, -0.1) is 0 Å². The number of anilines is 1. The largest absolute Gasteiger partial charge is 0.381 e. The quantitative estimate of drug-likeness (QED) is 0.816. The standard InChI is InChI=1S/C17H23NO/c1-2-6-12(7-3-1)16-14-10-11-19-17(14)13-8-4-5-9-15(13)18-16/h4-5,8-9,12,14,16-18H,1-3,6-7,10-11H2/t14-,16+,17+/m1/s1. The lowest BCUT2D eigenvalue weighted by molar-refractivity contribution is 0.0732. The van der Waals surface area contributed by atoms with Crippen LogP contribution >= 0.6 is 0 Å². The SMILES string of the molecule is c1ccc2c(c1)N[C@@H](C1CCCCC1)[C@H]1CCO[C@@H]21. The molecule has 102 valence electrons. The fourth-order valence-electron chi connectivity index (χ4n) is 4.42. The molecule has 4 rings (SSSR count). The van der Waals surface area contributed by atoms with Crippen molar-refractivity contribution in [1.82, 2.24) is 0 Å². The molecule has 3 aliphatic rings. The number of hydrogen-bond acceptors (Lipinski definition) is 2. The number of benzene rings is 1. The van der Waals surface area contributed by atoms with Gasteiger partial charge in [0.15, 0.2) is 0 Å². The van der Waals surface area contributed by atoms with Crippen molar-refractivity contribution in [1.29, 1.82) is 0 Å². The van der Waals surface area contributed by atoms with Gasteiger partial charge in [0.2, 0.25) is 0 Å². The zero-order valence-electron chi connectivity index (χ0n) is 11.5. The van der Waals surface area contributed by atoms with Crippen LogP contribution in [0.1, 0.15) is 50.2 Å². The third kappa shape index (κ3) is 1.97. The highest BCUT2D eigenvalue weighted by Crippen LogP contribution is 2.48. The summed E-state index contributed by atoms with van der Waals surface area (Å²) in [5.41, 5.74) is 2.71. The van der Waals surface area contributed by atoms with E-state index in [4.69, 9.17) is 4.74 Å². The van der Waals surface area contributed by atoms with Gasteiger partial charge in [0.25, 0.3) is 0 Å². The summed E-state index contributed by atoms with van der Waals surface area (Å²) in [6, 6.07) is 9.38. The Morgan fingerprint density at radius 2 is 1.84 bits per heavy atom. The summed E-state index contributed by atoms with van der Waals surface area (Å²) in [4.78, 5) is 0. The van der Waals surface area contributed by atoms with Crippen LogP contribution in [-0.4, -0.2) is 12.6 Å². The molecular weight excluding hydrogens is 234 g/mol. The van der Waals surface area contributed by atoms with Gasteiger partial charge in [-0.1, -0.05) is 37.5 Å². The lowest BCUT2D eigenvalue weighted by atomic mass is 9.73. The molecule has 2 heterocycles. The number of para-hydroxylation sites is 1. The highest BCUT2D eigenvalue weighted by Gasteiger charge is 2.43. The normalized spacial score (nSPS) is 34.4. The molecule has 19 heavy (non-hydrogen) atoms. The van der Waals surface area contributed by atoms with Gasteiger partial charge in [-0.2, -0.15) is 0 Å². The van der Waals surface area contributed by atoms with Crippen molar-refractivity contribution in [3.63, 3.8) is 0 Å². The number of hydrogen-bond donors (Lipinski definition) is 1. The summed E-state index contributed by atoms with van der Waals surface area (Å²) in [5.74, 6) is 1.55. The first-order valence-electron chi connectivity index (χ1n) is 7.90. The van der Waals surface area contributed by atoms with Gasteiger partial charge in [-0.05, 0) is 31.2 Å². The summed E-state index contributed by atoms with van der Waals surface area (Å²) in [5, 5.41) is 3.86. The van der Waals surface area contributed by atoms with E-state index in [9.17, 15) is 0 Å². The van der Waals surface area contributed by atoms with Crippen LogP contribution in [0.3, 0.4) is 0 Å². The number of fused-ring (bicyclic) bond motifs is 3. The Morgan fingerprint density at radius 3 is 2.74 bits per heavy atom. The first kappa shape index (κ1) is 11.8. The van der Waals surface area contributed by atoms with E-state index in [0.717, 1.165) is 12.5 Å². The van der Waals surface area contributed by atoms with Gasteiger partial charge in [0, 0.05) is 29.8 Å². The second kappa shape index (κ2) is 4.82. The number of ether oxygens (including phenoxy) is 1. The minimum atomic E-state index is 0.351. The van der Waals surface area contributed by atoms with Gasteiger partial charge in [-0.25, -0.2) is 0 Å². The van der Waals surface area contributed by atoms with Crippen LogP contribution in [-0.2, 0) is 4.74 Å². The van der Waals surface area contributed by atoms with E-state index in [1.54, 1.807) is 0 Å². The first-order valence-corrected chi connectivity index (χ1v) is 7.90. The molecule has 0 unspecified atom stereocenters. The molecule has 2 fully saturated rings. The molecule has 0 radical (unpaired) electrons. The maximum absolute atomic E-state index is 6.06. The summed E-state index contributed by atoms with van der Waals surface area (Å²) < 4.78 is 6.06. The summed E-state index contributed by atoms with van der Waals surface area (Å²) >= 11 is 0. The second-order valence-electron chi connectivity index (χ2n) is 6.40. The Labute approximate surface area is 115 Å². The summed E-state index contributed by atoms with van der Waals surface area (Å²) in [6.45, 7) is 0.939. The topological polar surface area (TPSA) is 21.3 Å². The molecule has 1 saturated carbocycles. The van der Waals surface area contributed by atoms with Crippen LogP contribution in [0.5, 0.6) is 0 Å². The Morgan fingerprint density at radius 1 is 1.00 bits per heavy atom. The van der Waals surface area contributed by atoms with Crippen molar-refractivity contribution in [2.24, 2.45) is 11.8 Å². The molecule has 1 aromatic carbocycles. The predicted octanol–water partition coefficient (Wildman–Crippen LogP) is 4.14. The molecule has 1 N–H and O–H groups in total. The summed E-state index contributed by atoms with van der Waals surface area (Å²) in [7, 11) is 0. The average Bonchev–Trinajstić information content (AvgIpc) is 2.97. The van der Waals surface area contributed by atoms with E-state index in [2.05, 4.69) is 29.6 Å². The molecule has 2 nitrogen and oxygen atoms in total. The molecular formula is C17H23NO. The third-order valence-electron chi connectivity index (χ3n) is 5.35. The van der Waals surface area contributed by atoms with Crippen molar-refractivity contribution >= 4 is 5.69 Å². The maximum Gasteiger partial charge on any atom is 0.0893 e. The Balaban J connectivity index is 1.66. The van der Waals surface area contributed by atoms with E-state index < -0.39 is 0 Å². The molecule has 1 aliphatic carbocycles. The highest BCUT2D eigenvalue weighted by atomic mass is 16.5. The van der Waals surface area contributed by atoms with E-state index in [-0.39, 0.29) is 0 Å². The minimum Gasteiger partial charge on any atom is -0.381 e. The van der Waals surface area contributed by atoms with Gasteiger partial charge in [0.05, 0.1) is 6.10 Å². The molecule has 1 saturated heterocycles. The van der Waals surface area contributed by atoms with Gasteiger partial charge >= 0.3 is 0 Å². The van der Waals surface area contributed by atoms with Crippen LogP contribution in [0.15, 0.2) is 24.3 Å². The predicted molar refractivity (Wildman–Crippen MR) is 77.2 cm³/mol. The van der Waals surface area contributed by atoms with Crippen LogP contribution < -0.4 is 5.32 Å². The van der Waals surface area contributed by atoms with Gasteiger partial charge < -0.3 is 10.1 Å². The minimum absolute atomic E-state index is 0.351. The first-order chi connectivity index (χ1) is 9.43. The molecule has 0 aromatic heterocycles. The van der Waals surface area contributed by atoms with Gasteiger partial charge in [-0.3, -0.25) is 0 Å². The zero-order valence-corrected chi connectivity index (χ0v) is 11.5. The molecule has 0 spiro atoms. The average molecular weight is 257 g/mol. The second-order valence-corrected chi connectivity index (χ2v) is 6.40. The van der Waals surface area contributed by atoms with Crippen molar-refractivity contribution < 1.29 is 4.74 Å². The fourth-order valence-corrected chi connectivity index (χ4v) is 4.42. The van der Waals surface area contributed by atoms with Crippen LogP contribution in [0.2, 0.25) is 0 Å². The monoisotopic (exact) mass is 257 g/mol. The van der Waals surface area contributed by atoms with Crippen molar-refractivity contribution in [2.45, 2.75) is 50.7 Å². The lowest BCUT2D eigenvalue weighted by Crippen LogP contribution is -2.42. The molecule has 2 aliphatic heterocycles. The highest BCUT2D eigenvalue weighted by molar-refractivity contribution is 5.56. The number of rotatable bonds is 1. The molecule has 3 atom stereocenters. The molecule has 0 amide bonds. The van der Waals surface area contributed by atoms with E-state index >= 15 is 0 Å². The smallest absolute Gasteiger partial charge is 0.0893 e. The van der Waals surface area contributed by atoms with Crippen LogP contribution in [0.25, 0.3) is 0 Å². The maximum atomic E-state index is 6.06. The molecule has 0 bridgehead atoms. The summed E-state index contributed by atoms with van der Waals surface area (Å²) in [6.07, 6.45) is 8.67. The van der Waals surface area contributed by atoms with Crippen molar-refractivity contribution in [3.05, 3.63) is 29.8 Å². The van der Waals surface area contributed by atoms with E-state index in [1.807, 2.05) is 0 Å². The van der Waals surface area contributed by atoms with Crippen LogP contribution in [0.4, 0.5) is 5.69 Å². The Kier molecular flexibility index (Phi) is 2.99. The zero-order chi connectivity index (χ0) is 12.7. The molecule has 1 aromatic rings. The molecule has 2 heteroatoms. The third-order valence-corrected chi connectivity index (χ3v) is 5.35.